The van der Waals surface area contributed by atoms with Gasteiger partial charge in [-0.25, -0.2) is 0 Å². The first-order valence-electron chi connectivity index (χ1n) is 6.46. The molecule has 0 amide bonds. The van der Waals surface area contributed by atoms with Crippen molar-refractivity contribution in [2.45, 2.75) is 26.1 Å². The lowest BCUT2D eigenvalue weighted by molar-refractivity contribution is 0.174. The monoisotopic (exact) mass is 338 g/mol. The third kappa shape index (κ3) is 3.29. The summed E-state index contributed by atoms with van der Waals surface area (Å²) in [6.45, 7) is 2.53. The van der Waals surface area contributed by atoms with Crippen LogP contribution in [0.4, 0.5) is 0 Å². The van der Waals surface area contributed by atoms with Gasteiger partial charge in [0, 0.05) is 20.6 Å². The molecule has 5 heteroatoms. The van der Waals surface area contributed by atoms with Gasteiger partial charge in [-0.3, -0.25) is 4.68 Å². The van der Waals surface area contributed by atoms with Gasteiger partial charge in [0.1, 0.15) is 0 Å². The predicted molar refractivity (Wildman–Crippen MR) is 81.5 cm³/mol. The van der Waals surface area contributed by atoms with Crippen molar-refractivity contribution < 1.29 is 9.84 Å². The number of hydrogen-bond donors (Lipinski definition) is 1. The Kier molecular flexibility index (Phi) is 4.96. The minimum atomic E-state index is -0.544. The maximum atomic E-state index is 10.4. The Bertz CT molecular complexity index is 578. The quantitative estimate of drug-likeness (QED) is 0.911. The third-order valence-electron chi connectivity index (χ3n) is 3.32. The fraction of sp³-hybridized carbons (Fsp3) is 0.400. The van der Waals surface area contributed by atoms with Crippen molar-refractivity contribution >= 4 is 15.9 Å². The van der Waals surface area contributed by atoms with Crippen LogP contribution in [0.2, 0.25) is 0 Å². The van der Waals surface area contributed by atoms with Gasteiger partial charge in [0.05, 0.1) is 28.6 Å². The molecule has 0 aliphatic rings. The van der Waals surface area contributed by atoms with Crippen LogP contribution in [0, 0.1) is 6.92 Å². The number of methoxy groups -OCH3 is 1. The van der Waals surface area contributed by atoms with Crippen molar-refractivity contribution in [3.05, 3.63) is 51.3 Å². The number of aliphatic hydroxyl groups is 1. The number of aromatic nitrogens is 2. The molecule has 1 aromatic heterocycles. The molecule has 1 unspecified atom stereocenters. The molecule has 20 heavy (non-hydrogen) atoms. The molecule has 108 valence electrons. The number of aliphatic hydroxyl groups excluding tert-OH is 1. The van der Waals surface area contributed by atoms with Gasteiger partial charge in [0.2, 0.25) is 0 Å². The van der Waals surface area contributed by atoms with Crippen LogP contribution in [0.25, 0.3) is 0 Å². The largest absolute Gasteiger partial charge is 0.388 e. The summed E-state index contributed by atoms with van der Waals surface area (Å²) in [5.74, 6) is 0. The van der Waals surface area contributed by atoms with Crippen molar-refractivity contribution in [1.82, 2.24) is 9.78 Å². The van der Waals surface area contributed by atoms with Crippen molar-refractivity contribution in [2.24, 2.45) is 7.05 Å². The second kappa shape index (κ2) is 6.52. The van der Waals surface area contributed by atoms with Crippen LogP contribution >= 0.6 is 15.9 Å². The van der Waals surface area contributed by atoms with E-state index in [0.717, 1.165) is 27.0 Å². The van der Waals surface area contributed by atoms with Gasteiger partial charge < -0.3 is 9.84 Å². The molecule has 0 bridgehead atoms. The summed E-state index contributed by atoms with van der Waals surface area (Å²) >= 11 is 3.52. The van der Waals surface area contributed by atoms with E-state index in [1.165, 1.54) is 0 Å². The summed E-state index contributed by atoms with van der Waals surface area (Å²) in [7, 11) is 3.56. The second-order valence-corrected chi connectivity index (χ2v) is 5.66. The first kappa shape index (κ1) is 15.2. The number of halogens is 1. The van der Waals surface area contributed by atoms with Crippen LogP contribution in [0.3, 0.4) is 0 Å². The van der Waals surface area contributed by atoms with E-state index >= 15 is 0 Å². The zero-order valence-corrected chi connectivity index (χ0v) is 13.5. The van der Waals surface area contributed by atoms with Crippen molar-refractivity contribution in [3.8, 4) is 0 Å². The number of ether oxygens (including phenoxy) is 1. The summed E-state index contributed by atoms with van der Waals surface area (Å²) in [5, 5.41) is 14.7. The molecule has 2 aromatic rings. The second-order valence-electron chi connectivity index (χ2n) is 4.86. The average molecular weight is 339 g/mol. The van der Waals surface area contributed by atoms with Gasteiger partial charge in [0.15, 0.2) is 0 Å². The lowest BCUT2D eigenvalue weighted by Crippen LogP contribution is -2.07. The highest BCUT2D eigenvalue weighted by molar-refractivity contribution is 9.10. The van der Waals surface area contributed by atoms with Gasteiger partial charge in [-0.1, -0.05) is 24.3 Å². The maximum absolute atomic E-state index is 10.4. The number of rotatable bonds is 5. The fourth-order valence-electron chi connectivity index (χ4n) is 2.21. The number of benzene rings is 1. The first-order valence-corrected chi connectivity index (χ1v) is 7.26. The van der Waals surface area contributed by atoms with E-state index in [0.29, 0.717) is 13.0 Å². The Balaban J connectivity index is 2.13. The molecule has 0 saturated carbocycles. The molecule has 2 rings (SSSR count). The van der Waals surface area contributed by atoms with E-state index in [1.807, 2.05) is 42.9 Å². The van der Waals surface area contributed by atoms with Gasteiger partial charge in [0.25, 0.3) is 0 Å². The summed E-state index contributed by atoms with van der Waals surface area (Å²) in [4.78, 5) is 0. The van der Waals surface area contributed by atoms with Crippen LogP contribution in [0.1, 0.15) is 28.6 Å². The molecule has 0 spiro atoms. The van der Waals surface area contributed by atoms with E-state index in [4.69, 9.17) is 4.74 Å². The van der Waals surface area contributed by atoms with E-state index in [-0.39, 0.29) is 0 Å². The van der Waals surface area contributed by atoms with Crippen molar-refractivity contribution in [1.29, 1.82) is 0 Å². The Labute approximate surface area is 127 Å². The first-order chi connectivity index (χ1) is 9.52. The van der Waals surface area contributed by atoms with E-state index in [2.05, 4.69) is 21.0 Å². The lowest BCUT2D eigenvalue weighted by Gasteiger charge is -2.12. The molecular weight excluding hydrogens is 320 g/mol. The minimum absolute atomic E-state index is 0.529. The molecule has 0 radical (unpaired) electrons. The molecule has 0 aliphatic heterocycles. The normalized spacial score (nSPS) is 12.7. The number of hydrogen-bond acceptors (Lipinski definition) is 3. The van der Waals surface area contributed by atoms with Crippen LogP contribution in [0.5, 0.6) is 0 Å². The Morgan fingerprint density at radius 1 is 1.35 bits per heavy atom. The topological polar surface area (TPSA) is 47.3 Å². The van der Waals surface area contributed by atoms with Crippen molar-refractivity contribution in [3.63, 3.8) is 0 Å². The molecule has 0 saturated heterocycles. The molecular formula is C15H19BrN2O2. The molecule has 1 N–H and O–H groups in total. The van der Waals surface area contributed by atoms with Crippen LogP contribution < -0.4 is 0 Å². The smallest absolute Gasteiger partial charge is 0.0845 e. The van der Waals surface area contributed by atoms with E-state index in [9.17, 15) is 5.11 Å². The molecule has 0 aliphatic carbocycles. The molecule has 1 aromatic carbocycles. The molecule has 4 nitrogen and oxygen atoms in total. The van der Waals surface area contributed by atoms with Gasteiger partial charge >= 0.3 is 0 Å². The highest BCUT2D eigenvalue weighted by atomic mass is 79.9. The zero-order valence-electron chi connectivity index (χ0n) is 11.9. The summed E-state index contributed by atoms with van der Waals surface area (Å²) in [6, 6.07) is 7.84. The van der Waals surface area contributed by atoms with E-state index < -0.39 is 6.10 Å². The fourth-order valence-corrected chi connectivity index (χ4v) is 2.70. The van der Waals surface area contributed by atoms with Crippen molar-refractivity contribution in [2.75, 3.05) is 7.11 Å². The molecule has 1 atom stereocenters. The SMILES string of the molecule is COCc1ccc(C(O)Cc2c(Br)c(C)nn2C)cc1. The summed E-state index contributed by atoms with van der Waals surface area (Å²) in [6.07, 6.45) is -0.0145. The molecule has 1 heterocycles. The standard InChI is InChI=1S/C15H19BrN2O2/c1-10-15(16)13(18(2)17-10)8-14(19)12-6-4-11(5-7-12)9-20-3/h4-7,14,19H,8-9H2,1-3H3. The van der Waals surface area contributed by atoms with E-state index in [1.54, 1.807) is 7.11 Å². The van der Waals surface area contributed by atoms with Crippen LogP contribution in [0.15, 0.2) is 28.7 Å². The molecule has 0 fully saturated rings. The summed E-state index contributed by atoms with van der Waals surface area (Å²) < 4.78 is 7.85. The predicted octanol–water partition coefficient (Wildman–Crippen LogP) is 2.91. The average Bonchev–Trinajstić information content (AvgIpc) is 2.66. The Morgan fingerprint density at radius 2 is 2.00 bits per heavy atom. The number of nitrogens with zero attached hydrogens (tertiary/aromatic N) is 2. The maximum Gasteiger partial charge on any atom is 0.0845 e. The van der Waals surface area contributed by atoms with Gasteiger partial charge in [-0.05, 0) is 34.0 Å². The summed E-state index contributed by atoms with van der Waals surface area (Å²) in [5.41, 5.74) is 3.93. The van der Waals surface area contributed by atoms with Crippen LogP contribution in [-0.4, -0.2) is 22.0 Å². The highest BCUT2D eigenvalue weighted by Gasteiger charge is 2.16. The van der Waals surface area contributed by atoms with Gasteiger partial charge in [-0.15, -0.1) is 0 Å². The minimum Gasteiger partial charge on any atom is -0.388 e. The highest BCUT2D eigenvalue weighted by Crippen LogP contribution is 2.26. The van der Waals surface area contributed by atoms with Crippen LogP contribution in [-0.2, 0) is 24.8 Å². The Hall–Kier alpha value is -1.17. The number of aryl methyl sites for hydroxylation is 2. The van der Waals surface area contributed by atoms with Gasteiger partial charge in [-0.2, -0.15) is 5.10 Å². The Morgan fingerprint density at radius 3 is 2.50 bits per heavy atom. The zero-order chi connectivity index (χ0) is 14.7. The lowest BCUT2D eigenvalue weighted by atomic mass is 10.0. The third-order valence-corrected chi connectivity index (χ3v) is 4.36.